The van der Waals surface area contributed by atoms with Crippen molar-refractivity contribution in [3.8, 4) is 0 Å². The van der Waals surface area contributed by atoms with E-state index in [4.69, 9.17) is 0 Å². The molecule has 12 heavy (non-hydrogen) atoms. The number of benzene rings is 1. The minimum atomic E-state index is 0.435. The second-order valence-corrected chi connectivity index (χ2v) is 2.96. The Morgan fingerprint density at radius 1 is 1.25 bits per heavy atom. The van der Waals surface area contributed by atoms with E-state index in [0.717, 1.165) is 0 Å². The third kappa shape index (κ3) is 1.30. The van der Waals surface area contributed by atoms with E-state index in [2.05, 4.69) is 37.5 Å². The fourth-order valence-electron chi connectivity index (χ4n) is 1.27. The molecule has 0 N–H and O–H groups in total. The van der Waals surface area contributed by atoms with Crippen LogP contribution in [0.1, 0.15) is 6.92 Å². The van der Waals surface area contributed by atoms with Gasteiger partial charge < -0.3 is 4.58 Å². The van der Waals surface area contributed by atoms with Gasteiger partial charge in [-0.25, -0.2) is 0 Å². The van der Waals surface area contributed by atoms with Crippen LogP contribution < -0.4 is 0 Å². The van der Waals surface area contributed by atoms with Crippen molar-refractivity contribution in [2.75, 3.05) is 0 Å². The standard InChI is InChI=1S/C11H11N/c1-10-7-8-12(9-10)11-5-3-2-4-6-11/h2-8,10H,1H3. The zero-order chi connectivity index (χ0) is 8.39. The average molecular weight is 157 g/mol. The van der Waals surface area contributed by atoms with E-state index in [1.54, 1.807) is 0 Å². The molecule has 1 aliphatic heterocycles. The highest BCUT2D eigenvalue weighted by atomic mass is 15.0. The van der Waals surface area contributed by atoms with Crippen molar-refractivity contribution in [2.24, 2.45) is 5.92 Å². The molecule has 1 unspecified atom stereocenters. The summed E-state index contributed by atoms with van der Waals surface area (Å²) >= 11 is 0. The summed E-state index contributed by atoms with van der Waals surface area (Å²) in [6.45, 7) is 2.12. The van der Waals surface area contributed by atoms with Gasteiger partial charge in [0, 0.05) is 5.92 Å². The number of hydrogen-bond acceptors (Lipinski definition) is 0. The molecule has 1 aromatic rings. The number of nitrogens with zero attached hydrogens (tertiary/aromatic N) is 1. The van der Waals surface area contributed by atoms with Gasteiger partial charge in [-0.1, -0.05) is 31.2 Å². The molecule has 0 amide bonds. The molecule has 1 aromatic carbocycles. The molecule has 1 atom stereocenters. The van der Waals surface area contributed by atoms with Crippen LogP contribution in [0.2, 0.25) is 0 Å². The van der Waals surface area contributed by atoms with Gasteiger partial charge in [-0.3, -0.25) is 0 Å². The molecule has 2 rings (SSSR count). The van der Waals surface area contributed by atoms with E-state index in [0.29, 0.717) is 5.92 Å². The predicted molar refractivity (Wildman–Crippen MR) is 49.7 cm³/mol. The van der Waals surface area contributed by atoms with Crippen molar-refractivity contribution in [2.45, 2.75) is 6.92 Å². The van der Waals surface area contributed by atoms with Gasteiger partial charge >= 0.3 is 0 Å². The van der Waals surface area contributed by atoms with Crippen molar-refractivity contribution in [1.82, 2.24) is 0 Å². The van der Waals surface area contributed by atoms with Gasteiger partial charge in [-0.05, 0) is 12.1 Å². The van der Waals surface area contributed by atoms with Gasteiger partial charge in [-0.15, -0.1) is 0 Å². The van der Waals surface area contributed by atoms with Crippen molar-refractivity contribution in [1.29, 1.82) is 0 Å². The number of rotatable bonds is 1. The normalized spacial score (nSPS) is 21.1. The van der Waals surface area contributed by atoms with Crippen molar-refractivity contribution in [3.05, 3.63) is 42.6 Å². The molecular formula is C11H11N. The molecule has 1 nitrogen and oxygen atoms in total. The lowest BCUT2D eigenvalue weighted by atomic mass is 10.2. The minimum absolute atomic E-state index is 0.435. The molecule has 0 saturated carbocycles. The highest BCUT2D eigenvalue weighted by Gasteiger charge is 2.04. The third-order valence-electron chi connectivity index (χ3n) is 1.90. The Balaban J connectivity index is 2.34. The van der Waals surface area contributed by atoms with Gasteiger partial charge in [0.2, 0.25) is 0 Å². The number of para-hydroxylation sites is 1. The lowest BCUT2D eigenvalue weighted by Crippen LogP contribution is -1.96. The van der Waals surface area contributed by atoms with Crippen molar-refractivity contribution < 1.29 is 4.58 Å². The van der Waals surface area contributed by atoms with Gasteiger partial charge in [0.15, 0.2) is 0 Å². The van der Waals surface area contributed by atoms with E-state index in [9.17, 15) is 0 Å². The first-order valence-electron chi connectivity index (χ1n) is 4.15. The Morgan fingerprint density at radius 3 is 2.58 bits per heavy atom. The van der Waals surface area contributed by atoms with Crippen LogP contribution in [-0.2, 0) is 0 Å². The van der Waals surface area contributed by atoms with Crippen LogP contribution in [-0.4, -0.2) is 10.8 Å². The summed E-state index contributed by atoms with van der Waals surface area (Å²) < 4.78 is 2.03. The van der Waals surface area contributed by atoms with Crippen molar-refractivity contribution >= 4 is 11.9 Å². The summed E-state index contributed by atoms with van der Waals surface area (Å²) in [6, 6.07) is 10.2. The molecular weight excluding hydrogens is 146 g/mol. The Morgan fingerprint density at radius 2 is 2.00 bits per heavy atom. The second kappa shape index (κ2) is 2.94. The van der Waals surface area contributed by atoms with Gasteiger partial charge in [0.25, 0.3) is 0 Å². The van der Waals surface area contributed by atoms with Crippen LogP contribution >= 0.6 is 0 Å². The van der Waals surface area contributed by atoms with Crippen LogP contribution in [0, 0.1) is 5.92 Å². The van der Waals surface area contributed by atoms with Gasteiger partial charge in [-0.2, -0.15) is 0 Å². The minimum Gasteiger partial charge on any atom is -0.330 e. The van der Waals surface area contributed by atoms with Crippen LogP contribution in [0.15, 0.2) is 42.6 Å². The maximum atomic E-state index is 3.29. The molecule has 0 aliphatic carbocycles. The maximum absolute atomic E-state index is 3.29. The SMILES string of the molecule is CC1[C-]=[N+](c2ccccc2)C=C1. The lowest BCUT2D eigenvalue weighted by molar-refractivity contribution is -0.351. The van der Waals surface area contributed by atoms with Crippen LogP contribution in [0.25, 0.3) is 0 Å². The summed E-state index contributed by atoms with van der Waals surface area (Å²) in [5, 5.41) is 0. The third-order valence-corrected chi connectivity index (χ3v) is 1.90. The topological polar surface area (TPSA) is 3.01 Å². The summed E-state index contributed by atoms with van der Waals surface area (Å²) in [6.07, 6.45) is 7.48. The molecule has 0 radical (unpaired) electrons. The van der Waals surface area contributed by atoms with Gasteiger partial charge in [0.05, 0.1) is 12.4 Å². The molecule has 0 spiro atoms. The average Bonchev–Trinajstić information content (AvgIpc) is 2.54. The zero-order valence-corrected chi connectivity index (χ0v) is 7.07. The Labute approximate surface area is 72.7 Å². The molecule has 1 heterocycles. The highest BCUT2D eigenvalue weighted by Crippen LogP contribution is 2.14. The van der Waals surface area contributed by atoms with E-state index in [1.807, 2.05) is 22.8 Å². The molecule has 0 saturated heterocycles. The summed E-state index contributed by atoms with van der Waals surface area (Å²) in [4.78, 5) is 0. The first-order chi connectivity index (χ1) is 5.86. The Bertz CT molecular complexity index is 322. The fourth-order valence-corrected chi connectivity index (χ4v) is 1.27. The van der Waals surface area contributed by atoms with Crippen LogP contribution in [0.4, 0.5) is 5.69 Å². The smallest absolute Gasteiger partial charge is 0.104 e. The van der Waals surface area contributed by atoms with Gasteiger partial charge in [0.1, 0.15) is 5.69 Å². The monoisotopic (exact) mass is 157 g/mol. The largest absolute Gasteiger partial charge is 0.330 e. The number of allylic oxidation sites excluding steroid dienone is 1. The Kier molecular flexibility index (Phi) is 1.78. The Hall–Kier alpha value is -1.37. The second-order valence-electron chi connectivity index (χ2n) is 2.96. The van der Waals surface area contributed by atoms with E-state index < -0.39 is 0 Å². The molecule has 0 fully saturated rings. The quantitative estimate of drug-likeness (QED) is 0.435. The van der Waals surface area contributed by atoms with E-state index in [1.165, 1.54) is 5.69 Å². The molecule has 1 heteroatoms. The first kappa shape index (κ1) is 7.29. The molecule has 0 aromatic heterocycles. The zero-order valence-electron chi connectivity index (χ0n) is 7.07. The number of hydrogen-bond donors (Lipinski definition) is 0. The molecule has 60 valence electrons. The fraction of sp³-hybridized carbons (Fsp3) is 0.182. The van der Waals surface area contributed by atoms with Crippen LogP contribution in [0.3, 0.4) is 0 Å². The van der Waals surface area contributed by atoms with E-state index in [-0.39, 0.29) is 0 Å². The summed E-state index contributed by atoms with van der Waals surface area (Å²) in [7, 11) is 0. The maximum Gasteiger partial charge on any atom is 0.104 e. The summed E-state index contributed by atoms with van der Waals surface area (Å²) in [5.41, 5.74) is 1.18. The van der Waals surface area contributed by atoms with Crippen molar-refractivity contribution in [3.63, 3.8) is 0 Å². The summed E-state index contributed by atoms with van der Waals surface area (Å²) in [5.74, 6) is 0.435. The van der Waals surface area contributed by atoms with Crippen LogP contribution in [0.5, 0.6) is 0 Å². The lowest BCUT2D eigenvalue weighted by Gasteiger charge is -2.01. The van der Waals surface area contributed by atoms with E-state index >= 15 is 0 Å². The molecule has 1 aliphatic rings. The first-order valence-corrected chi connectivity index (χ1v) is 4.15. The highest BCUT2D eigenvalue weighted by molar-refractivity contribution is 5.61. The molecule has 0 bridgehead atoms. The predicted octanol–water partition coefficient (Wildman–Crippen LogP) is 2.44.